The SMILES string of the molecule is CC(C)OP(=O)(NC(=S)N1CCOCC1)OC(C)C. The highest BCUT2D eigenvalue weighted by Gasteiger charge is 2.30. The molecule has 0 atom stereocenters. The molecule has 0 aliphatic carbocycles. The summed E-state index contributed by atoms with van der Waals surface area (Å²) in [6.45, 7) is 9.78. The Kier molecular flexibility index (Phi) is 6.69. The lowest BCUT2D eigenvalue weighted by atomic mass is 10.5. The predicted molar refractivity (Wildman–Crippen MR) is 78.2 cm³/mol. The Hall–Kier alpha value is -0.200. The minimum absolute atomic E-state index is 0.218. The van der Waals surface area contributed by atoms with Gasteiger partial charge < -0.3 is 9.64 Å². The molecule has 0 spiro atoms. The van der Waals surface area contributed by atoms with Gasteiger partial charge in [-0.25, -0.2) is 4.57 Å². The number of nitrogens with one attached hydrogen (secondary N) is 1. The maximum absolute atomic E-state index is 12.6. The second-order valence-electron chi connectivity index (χ2n) is 4.82. The van der Waals surface area contributed by atoms with Gasteiger partial charge in [0.05, 0.1) is 25.4 Å². The van der Waals surface area contributed by atoms with Gasteiger partial charge in [-0.05, 0) is 39.9 Å². The maximum atomic E-state index is 12.6. The third-order valence-electron chi connectivity index (χ3n) is 2.23. The average Bonchev–Trinajstić information content (AvgIpc) is 2.27. The zero-order valence-electron chi connectivity index (χ0n) is 11.9. The van der Waals surface area contributed by atoms with E-state index in [4.69, 9.17) is 26.0 Å². The largest absolute Gasteiger partial charge is 0.434 e. The van der Waals surface area contributed by atoms with Gasteiger partial charge in [-0.3, -0.25) is 14.1 Å². The third kappa shape index (κ3) is 6.19. The summed E-state index contributed by atoms with van der Waals surface area (Å²) in [7, 11) is -3.43. The Morgan fingerprint density at radius 2 is 1.68 bits per heavy atom. The Morgan fingerprint density at radius 3 is 2.11 bits per heavy atom. The van der Waals surface area contributed by atoms with E-state index in [9.17, 15) is 4.57 Å². The molecule has 1 aliphatic rings. The van der Waals surface area contributed by atoms with E-state index >= 15 is 0 Å². The summed E-state index contributed by atoms with van der Waals surface area (Å²) in [5.74, 6) is 0. The van der Waals surface area contributed by atoms with Crippen molar-refractivity contribution in [2.75, 3.05) is 26.3 Å². The third-order valence-corrected chi connectivity index (χ3v) is 4.63. The Balaban J connectivity index is 2.65. The molecule has 1 heterocycles. The Labute approximate surface area is 120 Å². The molecular weight excluding hydrogens is 287 g/mol. The van der Waals surface area contributed by atoms with Crippen LogP contribution in [0.4, 0.5) is 0 Å². The summed E-state index contributed by atoms with van der Waals surface area (Å²) in [6, 6.07) is 0. The first kappa shape index (κ1) is 16.9. The van der Waals surface area contributed by atoms with E-state index in [0.29, 0.717) is 31.4 Å². The van der Waals surface area contributed by atoms with E-state index in [1.54, 1.807) is 27.7 Å². The lowest BCUT2D eigenvalue weighted by Gasteiger charge is -2.32. The van der Waals surface area contributed by atoms with Gasteiger partial charge in [-0.2, -0.15) is 0 Å². The molecule has 0 unspecified atom stereocenters. The zero-order valence-corrected chi connectivity index (χ0v) is 13.6. The molecule has 0 aromatic heterocycles. The molecule has 112 valence electrons. The van der Waals surface area contributed by atoms with Crippen molar-refractivity contribution in [3.63, 3.8) is 0 Å². The number of ether oxygens (including phenoxy) is 1. The monoisotopic (exact) mass is 310 g/mol. The minimum Gasteiger partial charge on any atom is -0.378 e. The van der Waals surface area contributed by atoms with E-state index in [1.165, 1.54) is 0 Å². The smallest absolute Gasteiger partial charge is 0.378 e. The van der Waals surface area contributed by atoms with Crippen molar-refractivity contribution in [1.82, 2.24) is 9.99 Å². The number of nitrogens with zero attached hydrogens (tertiary/aromatic N) is 1. The molecular formula is C11H23N2O4PS. The van der Waals surface area contributed by atoms with Crippen LogP contribution in [0, 0.1) is 0 Å². The van der Waals surface area contributed by atoms with Crippen LogP contribution in [-0.2, 0) is 18.3 Å². The molecule has 0 aromatic carbocycles. The molecule has 1 rings (SSSR count). The highest BCUT2D eigenvalue weighted by atomic mass is 32.1. The molecule has 0 bridgehead atoms. The molecule has 0 amide bonds. The van der Waals surface area contributed by atoms with Crippen molar-refractivity contribution in [3.8, 4) is 0 Å². The summed E-state index contributed by atoms with van der Waals surface area (Å²) >= 11 is 5.25. The number of morpholine rings is 1. The first-order chi connectivity index (χ1) is 8.82. The summed E-state index contributed by atoms with van der Waals surface area (Å²) in [4.78, 5) is 1.90. The highest BCUT2D eigenvalue weighted by Crippen LogP contribution is 2.46. The van der Waals surface area contributed by atoms with Crippen LogP contribution in [0.5, 0.6) is 0 Å². The normalized spacial score (nSPS) is 17.1. The van der Waals surface area contributed by atoms with Gasteiger partial charge in [0.15, 0.2) is 5.11 Å². The van der Waals surface area contributed by atoms with Gasteiger partial charge in [0.2, 0.25) is 0 Å². The fourth-order valence-corrected chi connectivity index (χ4v) is 3.75. The van der Waals surface area contributed by atoms with Crippen LogP contribution in [0.3, 0.4) is 0 Å². The molecule has 1 saturated heterocycles. The Morgan fingerprint density at radius 1 is 1.21 bits per heavy atom. The summed E-state index contributed by atoms with van der Waals surface area (Å²) in [5.41, 5.74) is 0. The maximum Gasteiger partial charge on any atom is 0.434 e. The van der Waals surface area contributed by atoms with Crippen molar-refractivity contribution in [3.05, 3.63) is 0 Å². The van der Waals surface area contributed by atoms with E-state index < -0.39 is 7.75 Å². The number of rotatable bonds is 5. The fraction of sp³-hybridized carbons (Fsp3) is 0.909. The first-order valence-electron chi connectivity index (χ1n) is 6.44. The molecule has 8 heteroatoms. The predicted octanol–water partition coefficient (Wildman–Crippen LogP) is 2.15. The lowest BCUT2D eigenvalue weighted by molar-refractivity contribution is 0.0675. The molecule has 6 nitrogen and oxygen atoms in total. The van der Waals surface area contributed by atoms with E-state index in [-0.39, 0.29) is 12.2 Å². The van der Waals surface area contributed by atoms with E-state index in [2.05, 4.69) is 5.09 Å². The van der Waals surface area contributed by atoms with Crippen molar-refractivity contribution in [1.29, 1.82) is 0 Å². The van der Waals surface area contributed by atoms with Gasteiger partial charge in [-0.15, -0.1) is 0 Å². The van der Waals surface area contributed by atoms with Crippen molar-refractivity contribution in [2.24, 2.45) is 0 Å². The standard InChI is InChI=1S/C11H23N2O4PS/c1-9(2)16-18(14,17-10(3)4)12-11(19)13-5-7-15-8-6-13/h9-10H,5-8H2,1-4H3,(H,12,14,19). The average molecular weight is 310 g/mol. The van der Waals surface area contributed by atoms with Gasteiger partial charge in [0.25, 0.3) is 0 Å². The van der Waals surface area contributed by atoms with Gasteiger partial charge >= 0.3 is 7.75 Å². The first-order valence-corrected chi connectivity index (χ1v) is 8.39. The number of hydrogen-bond acceptors (Lipinski definition) is 5. The van der Waals surface area contributed by atoms with Crippen LogP contribution in [0.15, 0.2) is 0 Å². The molecule has 1 fully saturated rings. The second kappa shape index (κ2) is 7.55. The lowest BCUT2D eigenvalue weighted by Crippen LogP contribution is -2.45. The zero-order chi connectivity index (χ0) is 14.5. The van der Waals surface area contributed by atoms with E-state index in [0.717, 1.165) is 0 Å². The van der Waals surface area contributed by atoms with Crippen LogP contribution >= 0.6 is 20.0 Å². The molecule has 19 heavy (non-hydrogen) atoms. The van der Waals surface area contributed by atoms with Crippen LogP contribution < -0.4 is 5.09 Å². The van der Waals surface area contributed by atoms with Gasteiger partial charge in [-0.1, -0.05) is 0 Å². The molecule has 0 aromatic rings. The molecule has 0 radical (unpaired) electrons. The number of hydrogen-bond donors (Lipinski definition) is 1. The topological polar surface area (TPSA) is 60.0 Å². The van der Waals surface area contributed by atoms with Crippen molar-refractivity contribution < 1.29 is 18.3 Å². The summed E-state index contributed by atoms with van der Waals surface area (Å²) in [5, 5.41) is 3.12. The number of thiocarbonyl (C=S) groups is 1. The summed E-state index contributed by atoms with van der Waals surface area (Å²) in [6.07, 6.45) is -0.436. The van der Waals surface area contributed by atoms with Crippen LogP contribution in [0.25, 0.3) is 0 Å². The van der Waals surface area contributed by atoms with Crippen LogP contribution in [0.2, 0.25) is 0 Å². The quantitative estimate of drug-likeness (QED) is 0.616. The molecule has 0 saturated carbocycles. The summed E-state index contributed by atoms with van der Waals surface area (Å²) < 4.78 is 28.6. The molecule has 1 aliphatic heterocycles. The van der Waals surface area contributed by atoms with Crippen molar-refractivity contribution >= 4 is 25.1 Å². The van der Waals surface area contributed by atoms with Gasteiger partial charge in [0.1, 0.15) is 0 Å². The highest BCUT2D eigenvalue weighted by molar-refractivity contribution is 7.81. The minimum atomic E-state index is -3.43. The fourth-order valence-electron chi connectivity index (χ4n) is 1.59. The van der Waals surface area contributed by atoms with Crippen LogP contribution in [-0.4, -0.2) is 48.5 Å². The second-order valence-corrected chi connectivity index (χ2v) is 6.85. The van der Waals surface area contributed by atoms with Crippen molar-refractivity contribution in [2.45, 2.75) is 39.9 Å². The van der Waals surface area contributed by atoms with Gasteiger partial charge in [0, 0.05) is 13.1 Å². The molecule has 1 N–H and O–H groups in total. The van der Waals surface area contributed by atoms with E-state index in [1.807, 2.05) is 4.90 Å². The van der Waals surface area contributed by atoms with Crippen LogP contribution in [0.1, 0.15) is 27.7 Å². The Bertz CT molecular complexity index is 332.